The summed E-state index contributed by atoms with van der Waals surface area (Å²) in [6, 6.07) is 13.7. The van der Waals surface area contributed by atoms with E-state index in [0.717, 1.165) is 22.6 Å². The van der Waals surface area contributed by atoms with Crippen LogP contribution in [0.3, 0.4) is 0 Å². The van der Waals surface area contributed by atoms with Gasteiger partial charge in [0.05, 0.1) is 36.4 Å². The van der Waals surface area contributed by atoms with Gasteiger partial charge in [0.15, 0.2) is 0 Å². The summed E-state index contributed by atoms with van der Waals surface area (Å²) in [6.07, 6.45) is -0.337. The zero-order chi connectivity index (χ0) is 22.0. The van der Waals surface area contributed by atoms with Gasteiger partial charge in [-0.25, -0.2) is 4.39 Å². The molecule has 1 aliphatic heterocycles. The van der Waals surface area contributed by atoms with Gasteiger partial charge >= 0.3 is 0 Å². The lowest BCUT2D eigenvalue weighted by molar-refractivity contribution is -0.125. The normalized spacial score (nSPS) is 15.4. The summed E-state index contributed by atoms with van der Waals surface area (Å²) >= 11 is 0. The van der Waals surface area contributed by atoms with Gasteiger partial charge in [-0.05, 0) is 61.4 Å². The van der Waals surface area contributed by atoms with Gasteiger partial charge < -0.3 is 14.9 Å². The van der Waals surface area contributed by atoms with Crippen LogP contribution in [-0.2, 0) is 16.2 Å². The highest BCUT2D eigenvalue weighted by atomic mass is 19.1. The molecule has 1 N–H and O–H groups in total. The van der Waals surface area contributed by atoms with Crippen LogP contribution < -0.4 is 10.1 Å². The number of methoxy groups -OCH3 is 1. The van der Waals surface area contributed by atoms with Crippen LogP contribution in [-0.4, -0.2) is 34.6 Å². The van der Waals surface area contributed by atoms with Crippen molar-refractivity contribution in [2.75, 3.05) is 12.4 Å². The highest BCUT2D eigenvalue weighted by Gasteiger charge is 2.30. The average molecular weight is 422 g/mol. The van der Waals surface area contributed by atoms with Crippen LogP contribution in [0.15, 0.2) is 53.7 Å². The minimum absolute atomic E-state index is 0.278. The fourth-order valence-corrected chi connectivity index (χ4v) is 3.47. The molecule has 1 atom stereocenters. The minimum Gasteiger partial charge on any atom is -0.497 e. The Kier molecular flexibility index (Phi) is 5.70. The van der Waals surface area contributed by atoms with Crippen molar-refractivity contribution in [3.63, 3.8) is 0 Å². The molecule has 2 aromatic carbocycles. The molecule has 0 bridgehead atoms. The molecule has 8 heteroatoms. The van der Waals surface area contributed by atoms with Crippen molar-refractivity contribution in [1.29, 1.82) is 0 Å². The summed E-state index contributed by atoms with van der Waals surface area (Å²) in [5.74, 6) is 0.193. The van der Waals surface area contributed by atoms with Crippen molar-refractivity contribution in [2.24, 2.45) is 5.16 Å². The molecule has 160 valence electrons. The maximum absolute atomic E-state index is 13.1. The number of aryl methyl sites for hydroxylation is 1. The number of benzene rings is 2. The number of amides is 1. The summed E-state index contributed by atoms with van der Waals surface area (Å²) in [5.41, 5.74) is 4.67. The Bertz CT molecular complexity index is 1120. The maximum atomic E-state index is 13.1. The molecule has 1 aliphatic rings. The number of anilines is 1. The number of aromatic nitrogens is 2. The number of rotatable bonds is 6. The van der Waals surface area contributed by atoms with Crippen molar-refractivity contribution in [3.05, 3.63) is 76.9 Å². The maximum Gasteiger partial charge on any atom is 0.268 e. The number of carbonyl (C=O) groups is 1. The van der Waals surface area contributed by atoms with Crippen molar-refractivity contribution >= 4 is 17.3 Å². The standard InChI is InChI=1S/C23H23FN4O3/c1-14-22(15(2)28(26-14)13-16-4-8-18(24)9-5-16)25-23(29)21-12-20(27-31-21)17-6-10-19(30-3)11-7-17/h4-11,21H,12-13H2,1-3H3,(H,25,29). The Labute approximate surface area is 179 Å². The third-order valence-corrected chi connectivity index (χ3v) is 5.26. The highest BCUT2D eigenvalue weighted by molar-refractivity contribution is 6.06. The van der Waals surface area contributed by atoms with Crippen molar-refractivity contribution in [3.8, 4) is 5.75 Å². The molecule has 0 fully saturated rings. The third-order valence-electron chi connectivity index (χ3n) is 5.26. The Morgan fingerprint density at radius 1 is 1.19 bits per heavy atom. The second kappa shape index (κ2) is 8.59. The van der Waals surface area contributed by atoms with Gasteiger partial charge in [-0.15, -0.1) is 0 Å². The van der Waals surface area contributed by atoms with E-state index in [2.05, 4.69) is 15.6 Å². The number of nitrogens with zero attached hydrogens (tertiary/aromatic N) is 3. The fourth-order valence-electron chi connectivity index (χ4n) is 3.47. The molecule has 1 unspecified atom stereocenters. The van der Waals surface area contributed by atoms with E-state index in [1.165, 1.54) is 12.1 Å². The van der Waals surface area contributed by atoms with Crippen molar-refractivity contribution in [1.82, 2.24) is 9.78 Å². The fraction of sp³-hybridized carbons (Fsp3) is 0.261. The number of halogens is 1. The second-order valence-electron chi connectivity index (χ2n) is 7.38. The number of carbonyl (C=O) groups excluding carboxylic acids is 1. The van der Waals surface area contributed by atoms with Crippen LogP contribution in [0.2, 0.25) is 0 Å². The van der Waals surface area contributed by atoms with Crippen molar-refractivity contribution < 1.29 is 18.8 Å². The van der Waals surface area contributed by atoms with Gasteiger partial charge in [0.2, 0.25) is 6.10 Å². The van der Waals surface area contributed by atoms with Gasteiger partial charge in [-0.2, -0.15) is 5.10 Å². The molecule has 31 heavy (non-hydrogen) atoms. The molecule has 1 amide bonds. The molecule has 3 aromatic rings. The summed E-state index contributed by atoms with van der Waals surface area (Å²) < 4.78 is 20.1. The lowest BCUT2D eigenvalue weighted by Gasteiger charge is -2.10. The number of hydrogen-bond donors (Lipinski definition) is 1. The molecular weight excluding hydrogens is 399 g/mol. The summed E-state index contributed by atoms with van der Waals surface area (Å²) in [6.45, 7) is 4.19. The Hall–Kier alpha value is -3.68. The molecule has 0 saturated carbocycles. The van der Waals surface area contributed by atoms with Crippen LogP contribution in [0.5, 0.6) is 5.75 Å². The lowest BCUT2D eigenvalue weighted by Crippen LogP contribution is -2.28. The number of oxime groups is 1. The van der Waals surface area contributed by atoms with Gasteiger partial charge in [-0.1, -0.05) is 17.3 Å². The zero-order valence-corrected chi connectivity index (χ0v) is 17.6. The van der Waals surface area contributed by atoms with E-state index in [9.17, 15) is 9.18 Å². The van der Waals surface area contributed by atoms with Crippen LogP contribution in [0.25, 0.3) is 0 Å². The molecule has 0 spiro atoms. The number of nitrogens with one attached hydrogen (secondary N) is 1. The van der Waals surface area contributed by atoms with E-state index < -0.39 is 6.10 Å². The summed E-state index contributed by atoms with van der Waals surface area (Å²) in [4.78, 5) is 18.2. The van der Waals surface area contributed by atoms with Crippen molar-refractivity contribution in [2.45, 2.75) is 32.9 Å². The predicted molar refractivity (Wildman–Crippen MR) is 115 cm³/mol. The number of ether oxygens (including phenoxy) is 1. The van der Waals surface area contributed by atoms with E-state index in [0.29, 0.717) is 30.1 Å². The van der Waals surface area contributed by atoms with E-state index >= 15 is 0 Å². The summed E-state index contributed by atoms with van der Waals surface area (Å²) in [5, 5.41) is 11.5. The molecule has 2 heterocycles. The zero-order valence-electron chi connectivity index (χ0n) is 17.6. The molecule has 0 radical (unpaired) electrons. The smallest absolute Gasteiger partial charge is 0.268 e. The first-order chi connectivity index (χ1) is 14.9. The molecular formula is C23H23FN4O3. The van der Waals surface area contributed by atoms with Gasteiger partial charge in [0.1, 0.15) is 11.6 Å². The molecule has 4 rings (SSSR count). The first-order valence-corrected chi connectivity index (χ1v) is 9.91. The van der Waals surface area contributed by atoms with E-state index in [1.54, 1.807) is 23.9 Å². The molecule has 0 saturated heterocycles. The molecule has 0 aliphatic carbocycles. The Morgan fingerprint density at radius 2 is 1.90 bits per heavy atom. The van der Waals surface area contributed by atoms with Crippen LogP contribution in [0.4, 0.5) is 10.1 Å². The largest absolute Gasteiger partial charge is 0.497 e. The Balaban J connectivity index is 1.42. The molecule has 7 nitrogen and oxygen atoms in total. The predicted octanol–water partition coefficient (Wildman–Crippen LogP) is 3.83. The van der Waals surface area contributed by atoms with Gasteiger partial charge in [-0.3, -0.25) is 9.48 Å². The van der Waals surface area contributed by atoms with Crippen LogP contribution in [0.1, 0.15) is 28.9 Å². The van der Waals surface area contributed by atoms with Crippen LogP contribution in [0, 0.1) is 19.7 Å². The minimum atomic E-state index is -0.712. The quantitative estimate of drug-likeness (QED) is 0.655. The first-order valence-electron chi connectivity index (χ1n) is 9.91. The van der Waals surface area contributed by atoms with E-state index in [4.69, 9.17) is 9.57 Å². The average Bonchev–Trinajstić information content (AvgIpc) is 3.37. The monoisotopic (exact) mass is 422 g/mol. The highest BCUT2D eigenvalue weighted by Crippen LogP contribution is 2.24. The lowest BCUT2D eigenvalue weighted by atomic mass is 10.0. The van der Waals surface area contributed by atoms with Crippen LogP contribution >= 0.6 is 0 Å². The number of hydrogen-bond acceptors (Lipinski definition) is 5. The molecule has 1 aromatic heterocycles. The van der Waals surface area contributed by atoms with E-state index in [-0.39, 0.29) is 11.7 Å². The Morgan fingerprint density at radius 3 is 2.58 bits per heavy atom. The third kappa shape index (κ3) is 4.42. The van der Waals surface area contributed by atoms with Gasteiger partial charge in [0, 0.05) is 6.42 Å². The van der Waals surface area contributed by atoms with E-state index in [1.807, 2.05) is 38.1 Å². The second-order valence-corrected chi connectivity index (χ2v) is 7.38. The first kappa shape index (κ1) is 20.6. The topological polar surface area (TPSA) is 77.7 Å². The summed E-state index contributed by atoms with van der Waals surface area (Å²) in [7, 11) is 1.61. The SMILES string of the molecule is COc1ccc(C2=NOC(C(=O)Nc3c(C)nn(Cc4ccc(F)cc4)c3C)C2)cc1. The van der Waals surface area contributed by atoms with Gasteiger partial charge in [0.25, 0.3) is 5.91 Å².